The number of nitrogens with one attached hydrogen (secondary N) is 1. The number of carbonyl (C=O) groups excluding carboxylic acids is 1. The number of amides is 1. The minimum absolute atomic E-state index is 0. The number of rotatable bonds is 4. The summed E-state index contributed by atoms with van der Waals surface area (Å²) < 4.78 is 0. The van der Waals surface area contributed by atoms with E-state index in [2.05, 4.69) is 10.3 Å². The average Bonchev–Trinajstić information content (AvgIpc) is 1.85. The van der Waals surface area contributed by atoms with E-state index < -0.39 is 0 Å². The molecule has 1 radical (unpaired) electrons. The molecule has 1 amide bonds. The Labute approximate surface area is 86.6 Å². The first-order valence-electron chi connectivity index (χ1n) is 2.94. The Bertz CT molecular complexity index is 106. The molecule has 0 saturated carbocycles. The van der Waals surface area contributed by atoms with Gasteiger partial charge in [-0.1, -0.05) is 0 Å². The van der Waals surface area contributed by atoms with Gasteiger partial charge in [0.15, 0.2) is 0 Å². The normalized spacial score (nSPS) is 7.70. The maximum atomic E-state index is 10.6. The summed E-state index contributed by atoms with van der Waals surface area (Å²) in [5, 5.41) is 2.63. The van der Waals surface area contributed by atoms with E-state index in [0.29, 0.717) is 19.5 Å². The van der Waals surface area contributed by atoms with E-state index in [1.165, 1.54) is 0 Å². The number of hydrogen-bond donors (Lipinski definition) is 1. The van der Waals surface area contributed by atoms with Gasteiger partial charge < -0.3 is 17.0 Å². The van der Waals surface area contributed by atoms with Gasteiger partial charge in [0.05, 0.1) is 0 Å². The van der Waals surface area contributed by atoms with E-state index >= 15 is 0 Å². The molecule has 1 N–H and O–H groups in total. The molecule has 0 aromatic heterocycles. The van der Waals surface area contributed by atoms with Crippen molar-refractivity contribution >= 4 is 12.6 Å². The number of aliphatic imine (C=N–C) groups is 1. The van der Waals surface area contributed by atoms with E-state index in [1.54, 1.807) is 0 Å². The second-order valence-corrected chi connectivity index (χ2v) is 1.61. The Morgan fingerprint density at radius 2 is 2.30 bits per heavy atom. The van der Waals surface area contributed by atoms with Crippen LogP contribution < -0.4 is 5.32 Å². The van der Waals surface area contributed by atoms with Crippen LogP contribution in [0.4, 0.5) is 0 Å². The SMILES string of the molecule is [CH-]=NCCC(=O)NCC.[Y]. The molecule has 0 bridgehead atoms. The first kappa shape index (κ1) is 12.9. The van der Waals surface area contributed by atoms with Gasteiger partial charge in [-0.2, -0.15) is 0 Å². The summed E-state index contributed by atoms with van der Waals surface area (Å²) in [6.07, 6.45) is 0.393. The van der Waals surface area contributed by atoms with Crippen LogP contribution in [0.15, 0.2) is 4.99 Å². The molecule has 0 rings (SSSR count). The second kappa shape index (κ2) is 9.24. The van der Waals surface area contributed by atoms with Crippen LogP contribution in [-0.2, 0) is 37.5 Å². The van der Waals surface area contributed by atoms with Gasteiger partial charge in [-0.05, 0) is 6.92 Å². The maximum Gasteiger partial charge on any atom is 0.221 e. The van der Waals surface area contributed by atoms with E-state index in [4.69, 9.17) is 6.72 Å². The molecule has 0 aliphatic rings. The summed E-state index contributed by atoms with van der Waals surface area (Å²) in [5.74, 6) is 0.00620. The van der Waals surface area contributed by atoms with Gasteiger partial charge in [0.25, 0.3) is 0 Å². The summed E-state index contributed by atoms with van der Waals surface area (Å²) in [5.41, 5.74) is 0. The van der Waals surface area contributed by atoms with Gasteiger partial charge in [0, 0.05) is 52.2 Å². The van der Waals surface area contributed by atoms with Gasteiger partial charge in [-0.15, -0.1) is 0 Å². The molecular formula is C6H11N2OY-. The fourth-order valence-corrected chi connectivity index (χ4v) is 0.452. The summed E-state index contributed by atoms with van der Waals surface area (Å²) in [7, 11) is 0. The number of nitrogens with zero attached hydrogens (tertiary/aromatic N) is 1. The maximum absolute atomic E-state index is 10.6. The summed E-state index contributed by atoms with van der Waals surface area (Å²) in [6.45, 7) is 7.77. The summed E-state index contributed by atoms with van der Waals surface area (Å²) in [4.78, 5) is 13.9. The van der Waals surface area contributed by atoms with Gasteiger partial charge in [-0.25, -0.2) is 0 Å². The molecule has 0 saturated heterocycles. The third-order valence-electron chi connectivity index (χ3n) is 0.842. The molecule has 0 heterocycles. The van der Waals surface area contributed by atoms with Crippen molar-refractivity contribution in [3.8, 4) is 0 Å². The van der Waals surface area contributed by atoms with Crippen LogP contribution in [0, 0.1) is 0 Å². The largest absolute Gasteiger partial charge is 0.506 e. The van der Waals surface area contributed by atoms with Gasteiger partial charge in [0.2, 0.25) is 5.91 Å². The Hall–Kier alpha value is 0.244. The topological polar surface area (TPSA) is 41.5 Å². The Morgan fingerprint density at radius 1 is 1.70 bits per heavy atom. The molecule has 0 aromatic carbocycles. The standard InChI is InChI=1S/C6H11N2O.Y/c1-3-8-6(9)4-5-7-2;/h2H,3-5H2,1H3,(H,8,9);/q-1;. The molecule has 4 heteroatoms. The van der Waals surface area contributed by atoms with Crippen molar-refractivity contribution in [2.75, 3.05) is 13.1 Å². The van der Waals surface area contributed by atoms with Crippen LogP contribution in [0.5, 0.6) is 0 Å². The van der Waals surface area contributed by atoms with Crippen molar-refractivity contribution < 1.29 is 37.5 Å². The number of carbonyl (C=O) groups is 1. The molecule has 0 atom stereocenters. The molecule has 10 heavy (non-hydrogen) atoms. The fourth-order valence-electron chi connectivity index (χ4n) is 0.452. The minimum Gasteiger partial charge on any atom is -0.506 e. The van der Waals surface area contributed by atoms with E-state index in [0.717, 1.165) is 0 Å². The smallest absolute Gasteiger partial charge is 0.221 e. The molecule has 3 nitrogen and oxygen atoms in total. The van der Waals surface area contributed by atoms with Crippen LogP contribution in [0.25, 0.3) is 0 Å². The zero-order valence-corrected chi connectivity index (χ0v) is 8.97. The van der Waals surface area contributed by atoms with Gasteiger partial charge >= 0.3 is 0 Å². The summed E-state index contributed by atoms with van der Waals surface area (Å²) in [6, 6.07) is 0. The van der Waals surface area contributed by atoms with E-state index in [9.17, 15) is 4.79 Å². The summed E-state index contributed by atoms with van der Waals surface area (Å²) >= 11 is 0. The van der Waals surface area contributed by atoms with Crippen LogP contribution in [0.3, 0.4) is 0 Å². The zero-order chi connectivity index (χ0) is 7.11. The molecule has 0 aliphatic heterocycles. The Kier molecular flexibility index (Phi) is 11.9. The molecular weight excluding hydrogens is 205 g/mol. The van der Waals surface area contributed by atoms with Crippen molar-refractivity contribution in [2.24, 2.45) is 4.99 Å². The molecule has 0 spiro atoms. The predicted molar refractivity (Wildman–Crippen MR) is 36.7 cm³/mol. The first-order chi connectivity index (χ1) is 4.31. The molecule has 0 aromatic rings. The van der Waals surface area contributed by atoms with Crippen LogP contribution in [0.2, 0.25) is 0 Å². The second-order valence-electron chi connectivity index (χ2n) is 1.61. The van der Waals surface area contributed by atoms with Gasteiger partial charge in [-0.3, -0.25) is 4.79 Å². The third-order valence-corrected chi connectivity index (χ3v) is 0.842. The fraction of sp³-hybridized carbons (Fsp3) is 0.667. The molecule has 0 fully saturated rings. The van der Waals surface area contributed by atoms with Crippen molar-refractivity contribution in [1.82, 2.24) is 5.32 Å². The Morgan fingerprint density at radius 3 is 2.70 bits per heavy atom. The van der Waals surface area contributed by atoms with E-state index in [-0.39, 0.29) is 38.6 Å². The van der Waals surface area contributed by atoms with Crippen LogP contribution >= 0.6 is 0 Å². The van der Waals surface area contributed by atoms with Gasteiger partial charge in [0.1, 0.15) is 0 Å². The van der Waals surface area contributed by atoms with Crippen LogP contribution in [0.1, 0.15) is 13.3 Å². The predicted octanol–water partition coefficient (Wildman–Crippen LogP) is 0.0877. The van der Waals surface area contributed by atoms with Crippen LogP contribution in [-0.4, -0.2) is 25.7 Å². The van der Waals surface area contributed by atoms with E-state index in [1.807, 2.05) is 6.92 Å². The molecule has 55 valence electrons. The average molecular weight is 216 g/mol. The monoisotopic (exact) mass is 216 g/mol. The van der Waals surface area contributed by atoms with Crippen molar-refractivity contribution in [3.05, 3.63) is 0 Å². The zero-order valence-electron chi connectivity index (χ0n) is 6.13. The third kappa shape index (κ3) is 8.24. The molecule has 0 unspecified atom stereocenters. The quantitative estimate of drug-likeness (QED) is 0.525. The number of hydrogen-bond acceptors (Lipinski definition) is 2. The van der Waals surface area contributed by atoms with Crippen molar-refractivity contribution in [2.45, 2.75) is 13.3 Å². The Balaban J connectivity index is 0. The van der Waals surface area contributed by atoms with Crippen molar-refractivity contribution in [1.29, 1.82) is 0 Å². The first-order valence-corrected chi connectivity index (χ1v) is 2.94. The molecule has 0 aliphatic carbocycles. The van der Waals surface area contributed by atoms with Crippen molar-refractivity contribution in [3.63, 3.8) is 0 Å². The minimum atomic E-state index is 0.